The van der Waals surface area contributed by atoms with E-state index in [4.69, 9.17) is 0 Å². The highest BCUT2D eigenvalue weighted by Crippen LogP contribution is 2.33. The second-order valence-corrected chi connectivity index (χ2v) is 9.01. The molecule has 2 aromatic heterocycles. The van der Waals surface area contributed by atoms with Crippen molar-refractivity contribution in [3.63, 3.8) is 0 Å². The van der Waals surface area contributed by atoms with E-state index in [1.807, 2.05) is 22.5 Å². The Balaban J connectivity index is 1.23. The van der Waals surface area contributed by atoms with Crippen LogP contribution in [0.5, 0.6) is 0 Å². The fourth-order valence-corrected chi connectivity index (χ4v) is 5.43. The Morgan fingerprint density at radius 3 is 3.04 bits per heavy atom. The minimum absolute atomic E-state index is 0.00480. The minimum atomic E-state index is -0.0517. The Kier molecular flexibility index (Phi) is 5.43. The molecular weight excluding hydrogens is 376 g/mol. The van der Waals surface area contributed by atoms with Crippen molar-refractivity contribution < 1.29 is 9.59 Å². The summed E-state index contributed by atoms with van der Waals surface area (Å²) in [6.45, 7) is 4.12. The van der Waals surface area contributed by atoms with Crippen molar-refractivity contribution in [3.8, 4) is 0 Å². The van der Waals surface area contributed by atoms with Crippen LogP contribution in [0.3, 0.4) is 0 Å². The number of hydrogen-bond acceptors (Lipinski definition) is 5. The Morgan fingerprint density at radius 1 is 1.36 bits per heavy atom. The summed E-state index contributed by atoms with van der Waals surface area (Å²) in [5, 5.41) is 14.6. The van der Waals surface area contributed by atoms with Crippen molar-refractivity contribution >= 4 is 40.4 Å². The largest absolute Gasteiger partial charge is 0.332 e. The van der Waals surface area contributed by atoms with E-state index in [2.05, 4.69) is 39.9 Å². The molecule has 3 amide bonds. The first kappa shape index (κ1) is 19.0. The van der Waals surface area contributed by atoms with Crippen LogP contribution in [-0.2, 0) is 4.79 Å². The molecule has 2 saturated heterocycles. The van der Waals surface area contributed by atoms with Gasteiger partial charge in [-0.3, -0.25) is 4.79 Å². The van der Waals surface area contributed by atoms with Crippen molar-refractivity contribution in [1.29, 1.82) is 0 Å². The van der Waals surface area contributed by atoms with Crippen LogP contribution in [0, 0.1) is 0 Å². The SMILES string of the molecule is CC(C)n1ncc2cc(NC(=O)CCCC[C@@H]3SC[C@@H]4NC(=O)N[C@@H]43)cnc21. The van der Waals surface area contributed by atoms with Gasteiger partial charge >= 0.3 is 6.03 Å². The van der Waals surface area contributed by atoms with Crippen molar-refractivity contribution in [1.82, 2.24) is 25.4 Å². The molecule has 0 bridgehead atoms. The third-order valence-corrected chi connectivity index (χ3v) is 6.80. The summed E-state index contributed by atoms with van der Waals surface area (Å²) >= 11 is 1.91. The third-order valence-electron chi connectivity index (χ3n) is 5.29. The van der Waals surface area contributed by atoms with Crippen LogP contribution in [0.4, 0.5) is 10.5 Å². The van der Waals surface area contributed by atoms with Gasteiger partial charge in [0.2, 0.25) is 5.91 Å². The van der Waals surface area contributed by atoms with E-state index in [-0.39, 0.29) is 30.1 Å². The van der Waals surface area contributed by atoms with Crippen LogP contribution in [0.2, 0.25) is 0 Å². The topological polar surface area (TPSA) is 101 Å². The predicted octanol–water partition coefficient (Wildman–Crippen LogP) is 2.68. The fraction of sp³-hybridized carbons (Fsp3) is 0.579. The van der Waals surface area contributed by atoms with Gasteiger partial charge in [0.25, 0.3) is 0 Å². The Labute approximate surface area is 168 Å². The van der Waals surface area contributed by atoms with Gasteiger partial charge in [0.1, 0.15) is 0 Å². The van der Waals surface area contributed by atoms with Crippen LogP contribution in [0.25, 0.3) is 11.0 Å². The third kappa shape index (κ3) is 3.94. The van der Waals surface area contributed by atoms with E-state index < -0.39 is 0 Å². The van der Waals surface area contributed by atoms with Crippen LogP contribution < -0.4 is 16.0 Å². The molecule has 8 nitrogen and oxygen atoms in total. The van der Waals surface area contributed by atoms with E-state index in [9.17, 15) is 9.59 Å². The van der Waals surface area contributed by atoms with Gasteiger partial charge in [-0.1, -0.05) is 6.42 Å². The number of unbranched alkanes of at least 4 members (excludes halogenated alkanes) is 1. The molecule has 4 rings (SSSR count). The molecular formula is C19H26N6O2S. The number of carbonyl (C=O) groups is 2. The molecule has 2 aromatic rings. The molecule has 4 heterocycles. The number of nitrogens with one attached hydrogen (secondary N) is 3. The summed E-state index contributed by atoms with van der Waals surface area (Å²) in [6.07, 6.45) is 6.78. The van der Waals surface area contributed by atoms with Crippen LogP contribution in [-0.4, -0.2) is 49.8 Å². The lowest BCUT2D eigenvalue weighted by Crippen LogP contribution is -2.36. The number of aromatic nitrogens is 3. The lowest BCUT2D eigenvalue weighted by molar-refractivity contribution is -0.116. The van der Waals surface area contributed by atoms with E-state index in [1.165, 1.54) is 0 Å². The second kappa shape index (κ2) is 7.98. The van der Waals surface area contributed by atoms with Crippen molar-refractivity contribution in [2.24, 2.45) is 0 Å². The first-order chi connectivity index (χ1) is 13.5. The molecule has 28 heavy (non-hydrogen) atoms. The first-order valence-electron chi connectivity index (χ1n) is 9.83. The maximum Gasteiger partial charge on any atom is 0.315 e. The molecule has 150 valence electrons. The summed E-state index contributed by atoms with van der Waals surface area (Å²) in [7, 11) is 0. The molecule has 0 unspecified atom stereocenters. The average Bonchev–Trinajstić information content (AvgIpc) is 3.32. The molecule has 2 aliphatic rings. The quantitative estimate of drug-likeness (QED) is 0.488. The number of rotatable bonds is 7. The molecule has 9 heteroatoms. The average molecular weight is 403 g/mol. The molecule has 0 spiro atoms. The summed E-state index contributed by atoms with van der Waals surface area (Å²) in [5.41, 5.74) is 1.53. The summed E-state index contributed by atoms with van der Waals surface area (Å²) in [4.78, 5) is 28.1. The number of hydrogen-bond donors (Lipinski definition) is 3. The highest BCUT2D eigenvalue weighted by molar-refractivity contribution is 8.00. The van der Waals surface area contributed by atoms with Gasteiger partial charge in [0.15, 0.2) is 5.65 Å². The zero-order valence-electron chi connectivity index (χ0n) is 16.1. The Bertz CT molecular complexity index is 882. The molecule has 3 N–H and O–H groups in total. The molecule has 0 aromatic carbocycles. The van der Waals surface area contributed by atoms with Gasteiger partial charge in [-0.2, -0.15) is 16.9 Å². The summed E-state index contributed by atoms with van der Waals surface area (Å²) < 4.78 is 1.87. The maximum absolute atomic E-state index is 12.3. The normalized spacial score (nSPS) is 23.7. The molecule has 0 aliphatic carbocycles. The van der Waals surface area contributed by atoms with E-state index >= 15 is 0 Å². The first-order valence-corrected chi connectivity index (χ1v) is 10.9. The van der Waals surface area contributed by atoms with Gasteiger partial charge in [0.05, 0.1) is 30.2 Å². The molecule has 2 fully saturated rings. The van der Waals surface area contributed by atoms with Gasteiger partial charge in [-0.15, -0.1) is 0 Å². The van der Waals surface area contributed by atoms with Crippen LogP contribution in [0.15, 0.2) is 18.5 Å². The van der Waals surface area contributed by atoms with Gasteiger partial charge < -0.3 is 16.0 Å². The number of urea groups is 1. The minimum Gasteiger partial charge on any atom is -0.332 e. The lowest BCUT2D eigenvalue weighted by atomic mass is 10.0. The number of pyridine rings is 1. The van der Waals surface area contributed by atoms with Gasteiger partial charge in [0, 0.05) is 28.9 Å². The number of fused-ring (bicyclic) bond motifs is 2. The van der Waals surface area contributed by atoms with E-state index in [0.29, 0.717) is 17.4 Å². The molecule has 2 aliphatic heterocycles. The van der Waals surface area contributed by atoms with Crippen LogP contribution >= 0.6 is 11.8 Å². The monoisotopic (exact) mass is 402 g/mol. The number of thioether (sulfide) groups is 1. The van der Waals surface area contributed by atoms with E-state index in [1.54, 1.807) is 12.4 Å². The lowest BCUT2D eigenvalue weighted by Gasteiger charge is -2.16. The zero-order valence-corrected chi connectivity index (χ0v) is 17.0. The highest BCUT2D eigenvalue weighted by atomic mass is 32.2. The Morgan fingerprint density at radius 2 is 2.21 bits per heavy atom. The second-order valence-electron chi connectivity index (χ2n) is 7.74. The van der Waals surface area contributed by atoms with Crippen molar-refractivity contribution in [2.45, 2.75) is 62.9 Å². The van der Waals surface area contributed by atoms with E-state index in [0.717, 1.165) is 36.0 Å². The molecule has 0 radical (unpaired) electrons. The number of anilines is 1. The molecule has 3 atom stereocenters. The number of nitrogens with zero attached hydrogens (tertiary/aromatic N) is 3. The van der Waals surface area contributed by atoms with Crippen molar-refractivity contribution in [2.75, 3.05) is 11.1 Å². The maximum atomic E-state index is 12.3. The van der Waals surface area contributed by atoms with Gasteiger partial charge in [-0.25, -0.2) is 14.5 Å². The van der Waals surface area contributed by atoms with Crippen LogP contribution in [0.1, 0.15) is 45.6 Å². The van der Waals surface area contributed by atoms with Crippen molar-refractivity contribution in [3.05, 3.63) is 18.5 Å². The molecule has 0 saturated carbocycles. The smallest absolute Gasteiger partial charge is 0.315 e. The standard InChI is InChI=1S/C19H26N6O2S/c1-11(2)25-18-12(8-21-25)7-13(9-20-18)22-16(26)6-4-3-5-15-17-14(10-28-15)23-19(27)24-17/h7-9,11,14-15,17H,3-6,10H2,1-2H3,(H,22,26)(H2,23,24,27)/t14-,15-,17-/m0/s1. The number of amides is 3. The highest BCUT2D eigenvalue weighted by Gasteiger charge is 2.42. The fourth-order valence-electron chi connectivity index (χ4n) is 3.88. The zero-order chi connectivity index (χ0) is 19.7. The predicted molar refractivity (Wildman–Crippen MR) is 111 cm³/mol. The summed E-state index contributed by atoms with van der Waals surface area (Å²) in [6, 6.07) is 2.59. The summed E-state index contributed by atoms with van der Waals surface area (Å²) in [5.74, 6) is 0.974. The van der Waals surface area contributed by atoms with Gasteiger partial charge in [-0.05, 0) is 32.8 Å². The number of carbonyl (C=O) groups excluding carboxylic acids is 2. The Hall–Kier alpha value is -2.29.